The first-order valence-electron chi connectivity index (χ1n) is 11.9. The lowest BCUT2D eigenvalue weighted by Crippen LogP contribution is -2.41. The van der Waals surface area contributed by atoms with Crippen molar-refractivity contribution in [3.05, 3.63) is 65.7 Å². The minimum absolute atomic E-state index is 0.0429. The third-order valence-corrected chi connectivity index (χ3v) is 6.49. The van der Waals surface area contributed by atoms with Gasteiger partial charge in [-0.1, -0.05) is 75.1 Å². The van der Waals surface area contributed by atoms with Crippen LogP contribution in [0.15, 0.2) is 54.6 Å². The molecule has 2 aromatic carbocycles. The number of hydrogen-bond donors (Lipinski definition) is 1. The van der Waals surface area contributed by atoms with Crippen LogP contribution in [-0.2, 0) is 5.60 Å². The third-order valence-electron chi connectivity index (χ3n) is 6.49. The molecule has 2 atom stereocenters. The number of ether oxygens (including phenoxy) is 1. The van der Waals surface area contributed by atoms with Gasteiger partial charge in [-0.05, 0) is 62.5 Å². The number of benzene rings is 2. The van der Waals surface area contributed by atoms with Crippen LogP contribution in [0.25, 0.3) is 0 Å². The Morgan fingerprint density at radius 1 is 0.933 bits per heavy atom. The summed E-state index contributed by atoms with van der Waals surface area (Å²) in [5.41, 5.74) is 1.34. The van der Waals surface area contributed by atoms with Gasteiger partial charge < -0.3 is 14.7 Å². The molecule has 0 bridgehead atoms. The maximum Gasteiger partial charge on any atom is 0.119 e. The number of likely N-dealkylation sites (tertiary alicyclic amines) is 1. The van der Waals surface area contributed by atoms with Gasteiger partial charge in [0.1, 0.15) is 5.75 Å². The maximum absolute atomic E-state index is 12.3. The first-order valence-corrected chi connectivity index (χ1v) is 11.9. The zero-order chi connectivity index (χ0) is 21.2. The van der Waals surface area contributed by atoms with Gasteiger partial charge in [-0.25, -0.2) is 0 Å². The predicted octanol–water partition coefficient (Wildman–Crippen LogP) is 6.12. The molecule has 3 heteroatoms. The molecule has 0 amide bonds. The number of nitrogens with zero attached hydrogens (tertiary/aromatic N) is 1. The van der Waals surface area contributed by atoms with Crippen molar-refractivity contribution in [3.63, 3.8) is 0 Å². The Hall–Kier alpha value is -1.84. The Kier molecular flexibility index (Phi) is 8.77. The number of hydrogen-bond acceptors (Lipinski definition) is 3. The topological polar surface area (TPSA) is 32.7 Å². The highest BCUT2D eigenvalue weighted by Gasteiger charge is 2.39. The van der Waals surface area contributed by atoms with Gasteiger partial charge in [0.05, 0.1) is 12.2 Å². The second-order valence-corrected chi connectivity index (χ2v) is 8.66. The molecule has 30 heavy (non-hydrogen) atoms. The van der Waals surface area contributed by atoms with Gasteiger partial charge in [-0.2, -0.15) is 0 Å². The van der Waals surface area contributed by atoms with E-state index in [1.807, 2.05) is 19.1 Å². The van der Waals surface area contributed by atoms with Gasteiger partial charge in [0, 0.05) is 12.5 Å². The highest BCUT2D eigenvalue weighted by molar-refractivity contribution is 5.35. The molecule has 1 aliphatic rings. The van der Waals surface area contributed by atoms with E-state index in [0.29, 0.717) is 6.61 Å². The lowest BCUT2D eigenvalue weighted by atomic mass is 9.74. The lowest BCUT2D eigenvalue weighted by Gasteiger charge is -2.40. The molecule has 0 unspecified atom stereocenters. The van der Waals surface area contributed by atoms with Crippen molar-refractivity contribution in [3.8, 4) is 5.75 Å². The molecular formula is C27H39NO2. The molecule has 1 fully saturated rings. The summed E-state index contributed by atoms with van der Waals surface area (Å²) in [7, 11) is 0. The second-order valence-electron chi connectivity index (χ2n) is 8.66. The summed E-state index contributed by atoms with van der Waals surface area (Å²) in [5, 5.41) is 12.3. The molecule has 1 saturated heterocycles. The Labute approximate surface area is 183 Å². The van der Waals surface area contributed by atoms with Crippen LogP contribution in [0, 0.1) is 0 Å². The monoisotopic (exact) mass is 409 g/mol. The molecule has 0 radical (unpaired) electrons. The van der Waals surface area contributed by atoms with E-state index in [1.54, 1.807) is 0 Å². The minimum atomic E-state index is -0.894. The SMILES string of the molecule is CCCC[C@@](O)(c1ccc(OCC)cc1)[C@H](CN1CCCCCC1)c1ccccc1. The lowest BCUT2D eigenvalue weighted by molar-refractivity contribution is -0.0146. The van der Waals surface area contributed by atoms with E-state index in [2.05, 4.69) is 54.3 Å². The molecule has 0 saturated carbocycles. The molecule has 1 heterocycles. The highest BCUT2D eigenvalue weighted by Crippen LogP contribution is 2.42. The van der Waals surface area contributed by atoms with Crippen molar-refractivity contribution in [2.24, 2.45) is 0 Å². The average molecular weight is 410 g/mol. The fourth-order valence-electron chi connectivity index (χ4n) is 4.77. The molecule has 0 aromatic heterocycles. The minimum Gasteiger partial charge on any atom is -0.494 e. The molecule has 1 aliphatic heterocycles. The quantitative estimate of drug-likeness (QED) is 0.513. The van der Waals surface area contributed by atoms with E-state index >= 15 is 0 Å². The summed E-state index contributed by atoms with van der Waals surface area (Å²) in [6, 6.07) is 18.8. The zero-order valence-corrected chi connectivity index (χ0v) is 18.9. The van der Waals surface area contributed by atoms with Crippen molar-refractivity contribution in [2.45, 2.75) is 70.3 Å². The Balaban J connectivity index is 1.97. The second kappa shape index (κ2) is 11.5. The van der Waals surface area contributed by atoms with E-state index in [1.165, 1.54) is 31.2 Å². The zero-order valence-electron chi connectivity index (χ0n) is 18.9. The van der Waals surface area contributed by atoms with Crippen LogP contribution in [0.4, 0.5) is 0 Å². The van der Waals surface area contributed by atoms with E-state index in [-0.39, 0.29) is 5.92 Å². The Bertz CT molecular complexity index is 722. The fourth-order valence-corrected chi connectivity index (χ4v) is 4.77. The van der Waals surface area contributed by atoms with Gasteiger partial charge >= 0.3 is 0 Å². The van der Waals surface area contributed by atoms with E-state index in [0.717, 1.165) is 50.2 Å². The average Bonchev–Trinajstić information content (AvgIpc) is 3.06. The van der Waals surface area contributed by atoms with Crippen LogP contribution < -0.4 is 4.74 Å². The molecular weight excluding hydrogens is 370 g/mol. The number of aliphatic hydroxyl groups is 1. The van der Waals surface area contributed by atoms with Gasteiger partial charge in [-0.15, -0.1) is 0 Å². The summed E-state index contributed by atoms with van der Waals surface area (Å²) >= 11 is 0. The molecule has 164 valence electrons. The van der Waals surface area contributed by atoms with Crippen LogP contribution in [0.5, 0.6) is 5.75 Å². The van der Waals surface area contributed by atoms with E-state index in [9.17, 15) is 5.11 Å². The van der Waals surface area contributed by atoms with Crippen LogP contribution in [-0.4, -0.2) is 36.2 Å². The normalized spacial score (nSPS) is 18.4. The predicted molar refractivity (Wildman–Crippen MR) is 125 cm³/mol. The molecule has 3 nitrogen and oxygen atoms in total. The summed E-state index contributed by atoms with van der Waals surface area (Å²) < 4.78 is 5.65. The van der Waals surface area contributed by atoms with Gasteiger partial charge in [0.15, 0.2) is 0 Å². The van der Waals surface area contributed by atoms with Crippen molar-refractivity contribution >= 4 is 0 Å². The Morgan fingerprint density at radius 2 is 1.60 bits per heavy atom. The van der Waals surface area contributed by atoms with E-state index < -0.39 is 5.60 Å². The van der Waals surface area contributed by atoms with Gasteiger partial charge in [-0.3, -0.25) is 0 Å². The molecule has 0 spiro atoms. The molecule has 1 N–H and O–H groups in total. The van der Waals surface area contributed by atoms with Crippen molar-refractivity contribution in [1.82, 2.24) is 4.90 Å². The summed E-state index contributed by atoms with van der Waals surface area (Å²) in [5.74, 6) is 0.907. The van der Waals surface area contributed by atoms with Gasteiger partial charge in [0.25, 0.3) is 0 Å². The molecule has 0 aliphatic carbocycles. The largest absolute Gasteiger partial charge is 0.494 e. The maximum atomic E-state index is 12.3. The van der Waals surface area contributed by atoms with Crippen LogP contribution in [0.3, 0.4) is 0 Å². The summed E-state index contributed by atoms with van der Waals surface area (Å²) in [6.45, 7) is 8.02. The Morgan fingerprint density at radius 3 is 2.20 bits per heavy atom. The smallest absolute Gasteiger partial charge is 0.119 e. The van der Waals surface area contributed by atoms with Gasteiger partial charge in [0.2, 0.25) is 0 Å². The number of unbranched alkanes of at least 4 members (excludes halogenated alkanes) is 1. The van der Waals surface area contributed by atoms with Crippen LogP contribution >= 0.6 is 0 Å². The van der Waals surface area contributed by atoms with Crippen LogP contribution in [0.1, 0.15) is 75.8 Å². The van der Waals surface area contributed by atoms with E-state index in [4.69, 9.17) is 4.74 Å². The molecule has 2 aromatic rings. The molecule has 3 rings (SSSR count). The first-order chi connectivity index (χ1) is 14.7. The standard InChI is InChI=1S/C27H39NO2/c1-3-5-19-27(29,24-15-17-25(18-16-24)30-4-2)26(23-13-9-8-10-14-23)22-28-20-11-6-7-12-21-28/h8-10,13-18,26,29H,3-7,11-12,19-22H2,1-2H3/t26-,27-/m1/s1. The summed E-state index contributed by atoms with van der Waals surface area (Å²) in [6.07, 6.45) is 8.02. The third kappa shape index (κ3) is 5.86. The highest BCUT2D eigenvalue weighted by atomic mass is 16.5. The first kappa shape index (κ1) is 22.8. The fraction of sp³-hybridized carbons (Fsp3) is 0.556. The number of rotatable bonds is 10. The van der Waals surface area contributed by atoms with Crippen molar-refractivity contribution in [1.29, 1.82) is 0 Å². The van der Waals surface area contributed by atoms with Crippen molar-refractivity contribution < 1.29 is 9.84 Å². The van der Waals surface area contributed by atoms with Crippen molar-refractivity contribution in [2.75, 3.05) is 26.2 Å². The van der Waals surface area contributed by atoms with Crippen LogP contribution in [0.2, 0.25) is 0 Å². The summed E-state index contributed by atoms with van der Waals surface area (Å²) in [4.78, 5) is 2.58.